The summed E-state index contributed by atoms with van der Waals surface area (Å²) >= 11 is 5.79. The van der Waals surface area contributed by atoms with Crippen LogP contribution in [-0.4, -0.2) is 36.9 Å². The zero-order chi connectivity index (χ0) is 20.8. The third kappa shape index (κ3) is 5.92. The van der Waals surface area contributed by atoms with Crippen LogP contribution in [0, 0.1) is 5.82 Å². The van der Waals surface area contributed by atoms with Crippen LogP contribution in [-0.2, 0) is 22.4 Å². The average Bonchev–Trinajstić information content (AvgIpc) is 2.72. The summed E-state index contributed by atoms with van der Waals surface area (Å²) in [6, 6.07) is 10.3. The van der Waals surface area contributed by atoms with Crippen molar-refractivity contribution in [2.45, 2.75) is 38.3 Å². The van der Waals surface area contributed by atoms with E-state index in [1.807, 2.05) is 18.2 Å². The van der Waals surface area contributed by atoms with Crippen LogP contribution < -0.4 is 10.1 Å². The highest BCUT2D eigenvalue weighted by Crippen LogP contribution is 2.26. The summed E-state index contributed by atoms with van der Waals surface area (Å²) in [7, 11) is 0. The molecule has 0 amide bonds. The second-order valence-corrected chi connectivity index (χ2v) is 7.47. The summed E-state index contributed by atoms with van der Waals surface area (Å²) in [5.74, 6) is -0.251. The van der Waals surface area contributed by atoms with Gasteiger partial charge in [0.05, 0.1) is 17.7 Å². The molecule has 29 heavy (non-hydrogen) atoms. The van der Waals surface area contributed by atoms with Crippen LogP contribution >= 0.6 is 11.6 Å². The van der Waals surface area contributed by atoms with Gasteiger partial charge in [-0.25, -0.2) is 9.18 Å². The van der Waals surface area contributed by atoms with E-state index in [0.29, 0.717) is 24.5 Å². The number of carbonyl (C=O) groups excluding carboxylic acids is 1. The van der Waals surface area contributed by atoms with Gasteiger partial charge in [-0.15, -0.1) is 0 Å². The Balaban J connectivity index is 1.54. The summed E-state index contributed by atoms with van der Waals surface area (Å²) in [4.78, 5) is 11.5. The number of hydrogen-bond donors (Lipinski definition) is 2. The van der Waals surface area contributed by atoms with Gasteiger partial charge >= 0.3 is 5.97 Å². The fourth-order valence-electron chi connectivity index (χ4n) is 3.46. The average molecular weight is 422 g/mol. The van der Waals surface area contributed by atoms with E-state index < -0.39 is 11.9 Å². The first-order valence-corrected chi connectivity index (χ1v) is 10.1. The number of aliphatic hydroxyl groups excluding tert-OH is 1. The van der Waals surface area contributed by atoms with Crippen molar-refractivity contribution in [2.75, 3.05) is 19.8 Å². The normalized spacial score (nSPS) is 16.8. The summed E-state index contributed by atoms with van der Waals surface area (Å²) in [5.41, 5.74) is 3.00. The molecule has 2 atom stereocenters. The summed E-state index contributed by atoms with van der Waals surface area (Å²) in [5, 5.41) is 13.7. The Kier molecular flexibility index (Phi) is 7.47. The van der Waals surface area contributed by atoms with Crippen LogP contribution in [0.5, 0.6) is 5.75 Å². The minimum atomic E-state index is -0.770. The molecular weight excluding hydrogens is 397 g/mol. The van der Waals surface area contributed by atoms with E-state index in [4.69, 9.17) is 21.1 Å². The fraction of sp³-hybridized carbons (Fsp3) is 0.409. The van der Waals surface area contributed by atoms with Crippen LogP contribution in [0.25, 0.3) is 0 Å². The molecule has 2 aromatic carbocycles. The molecule has 0 saturated heterocycles. The maximum atomic E-state index is 13.3. The fourth-order valence-corrected chi connectivity index (χ4v) is 3.65. The van der Waals surface area contributed by atoms with Crippen LogP contribution in [0.1, 0.15) is 36.1 Å². The Morgan fingerprint density at radius 3 is 2.90 bits per heavy atom. The largest absolute Gasteiger partial charge is 0.482 e. The Morgan fingerprint density at radius 2 is 2.14 bits per heavy atom. The molecule has 2 N–H and O–H groups in total. The monoisotopic (exact) mass is 421 g/mol. The van der Waals surface area contributed by atoms with E-state index >= 15 is 0 Å². The smallest absolute Gasteiger partial charge is 0.344 e. The highest BCUT2D eigenvalue weighted by molar-refractivity contribution is 6.30. The predicted octanol–water partition coefficient (Wildman–Crippen LogP) is 3.60. The van der Waals surface area contributed by atoms with Crippen LogP contribution in [0.4, 0.5) is 4.39 Å². The summed E-state index contributed by atoms with van der Waals surface area (Å²) in [6.45, 7) is 2.32. The molecule has 0 saturated carbocycles. The van der Waals surface area contributed by atoms with Gasteiger partial charge in [-0.3, -0.25) is 0 Å². The number of halogens is 2. The topological polar surface area (TPSA) is 67.8 Å². The Morgan fingerprint density at radius 1 is 1.31 bits per heavy atom. The molecule has 1 aliphatic carbocycles. The molecular formula is C22H25ClFNO4. The van der Waals surface area contributed by atoms with E-state index in [1.54, 1.807) is 6.92 Å². The van der Waals surface area contributed by atoms with Crippen molar-refractivity contribution in [1.29, 1.82) is 0 Å². The summed E-state index contributed by atoms with van der Waals surface area (Å²) in [6.07, 6.45) is 1.90. The minimum Gasteiger partial charge on any atom is -0.482 e. The molecule has 2 aromatic rings. The number of rotatable bonds is 8. The number of aryl methyl sites for hydroxylation is 1. The number of ether oxygens (including phenoxy) is 2. The van der Waals surface area contributed by atoms with Crippen LogP contribution in [0.3, 0.4) is 0 Å². The lowest BCUT2D eigenvalue weighted by molar-refractivity contribution is -0.145. The molecule has 0 fully saturated rings. The number of hydrogen-bond acceptors (Lipinski definition) is 5. The first-order chi connectivity index (χ1) is 14.0. The molecule has 1 aliphatic rings. The Bertz CT molecular complexity index is 861. The van der Waals surface area contributed by atoms with Gasteiger partial charge in [-0.2, -0.15) is 0 Å². The van der Waals surface area contributed by atoms with Crippen LogP contribution in [0.15, 0.2) is 36.4 Å². The quantitative estimate of drug-likeness (QED) is 0.637. The van der Waals surface area contributed by atoms with E-state index in [-0.39, 0.29) is 23.6 Å². The van der Waals surface area contributed by atoms with Gasteiger partial charge in [0.1, 0.15) is 11.6 Å². The molecule has 0 unspecified atom stereocenters. The van der Waals surface area contributed by atoms with Crippen molar-refractivity contribution in [1.82, 2.24) is 5.32 Å². The van der Waals surface area contributed by atoms with Crippen molar-refractivity contribution in [3.8, 4) is 5.75 Å². The number of esters is 1. The second-order valence-electron chi connectivity index (χ2n) is 7.06. The molecule has 0 spiro atoms. The summed E-state index contributed by atoms with van der Waals surface area (Å²) < 4.78 is 23.7. The predicted molar refractivity (Wildman–Crippen MR) is 109 cm³/mol. The number of benzene rings is 2. The molecule has 156 valence electrons. The van der Waals surface area contributed by atoms with E-state index in [2.05, 4.69) is 5.32 Å². The van der Waals surface area contributed by atoms with Gasteiger partial charge in [0, 0.05) is 12.6 Å². The van der Waals surface area contributed by atoms with Crippen molar-refractivity contribution in [2.24, 2.45) is 0 Å². The lowest BCUT2D eigenvalue weighted by Crippen LogP contribution is -2.37. The van der Waals surface area contributed by atoms with E-state index in [1.165, 1.54) is 23.8 Å². The van der Waals surface area contributed by atoms with E-state index in [9.17, 15) is 14.3 Å². The lowest BCUT2D eigenvalue weighted by atomic mass is 9.88. The van der Waals surface area contributed by atoms with Gasteiger partial charge in [-0.1, -0.05) is 23.7 Å². The van der Waals surface area contributed by atoms with Crippen molar-refractivity contribution in [3.05, 3.63) is 63.9 Å². The van der Waals surface area contributed by atoms with Crippen LogP contribution in [0.2, 0.25) is 5.02 Å². The minimum absolute atomic E-state index is 0.00323. The van der Waals surface area contributed by atoms with E-state index in [0.717, 1.165) is 24.8 Å². The third-order valence-corrected chi connectivity index (χ3v) is 5.29. The zero-order valence-corrected chi connectivity index (χ0v) is 17.0. The molecule has 0 aromatic heterocycles. The number of aliphatic hydroxyl groups is 1. The number of fused-ring (bicyclic) bond motifs is 1. The van der Waals surface area contributed by atoms with Gasteiger partial charge in [-0.05, 0) is 67.1 Å². The molecule has 3 rings (SSSR count). The van der Waals surface area contributed by atoms with Gasteiger partial charge in [0.2, 0.25) is 0 Å². The Hall–Kier alpha value is -2.15. The molecule has 7 heteroatoms. The number of nitrogens with one attached hydrogen (secondary N) is 1. The van der Waals surface area contributed by atoms with Crippen molar-refractivity contribution < 1.29 is 23.8 Å². The molecule has 0 radical (unpaired) electrons. The lowest BCUT2D eigenvalue weighted by Gasteiger charge is -2.27. The Labute approximate surface area is 174 Å². The highest BCUT2D eigenvalue weighted by atomic mass is 35.5. The maximum absolute atomic E-state index is 13.3. The second kappa shape index (κ2) is 10.1. The molecule has 5 nitrogen and oxygen atoms in total. The maximum Gasteiger partial charge on any atom is 0.344 e. The van der Waals surface area contributed by atoms with Gasteiger partial charge in [0.25, 0.3) is 0 Å². The van der Waals surface area contributed by atoms with Gasteiger partial charge < -0.3 is 19.9 Å². The standard InChI is InChI=1S/C22H25ClFNO4/c1-2-28-22(27)13-29-18-7-4-14-3-6-17(9-16(14)10-18)25-12-21(26)15-5-8-20(24)19(23)11-15/h4-5,7-8,10-11,17,21,25-26H,2-3,6,9,12-13H2,1H3/t17-,21+/m0/s1. The molecule has 0 heterocycles. The molecule has 0 aliphatic heterocycles. The van der Waals surface area contributed by atoms with Crippen molar-refractivity contribution >= 4 is 17.6 Å². The highest BCUT2D eigenvalue weighted by Gasteiger charge is 2.20. The SMILES string of the molecule is CCOC(=O)COc1ccc2c(c1)C[C@@H](NC[C@@H](O)c1ccc(F)c(Cl)c1)CC2. The molecule has 0 bridgehead atoms. The third-order valence-electron chi connectivity index (χ3n) is 5.00. The zero-order valence-electron chi connectivity index (χ0n) is 16.3. The first kappa shape index (κ1) is 21.6. The van der Waals surface area contributed by atoms with Gasteiger partial charge in [0.15, 0.2) is 6.61 Å². The van der Waals surface area contributed by atoms with Crippen molar-refractivity contribution in [3.63, 3.8) is 0 Å². The number of carbonyl (C=O) groups is 1. The first-order valence-electron chi connectivity index (χ1n) is 9.73.